The smallest absolute Gasteiger partial charge is 0.263 e. The zero-order valence-corrected chi connectivity index (χ0v) is 9.40. The molecule has 17 heavy (non-hydrogen) atoms. The van der Waals surface area contributed by atoms with Crippen LogP contribution in [0.3, 0.4) is 0 Å². The van der Waals surface area contributed by atoms with Crippen LogP contribution in [0.1, 0.15) is 30.9 Å². The first-order chi connectivity index (χ1) is 8.08. The number of hydrogen-bond donors (Lipinski definition) is 1. The molecule has 90 valence electrons. The van der Waals surface area contributed by atoms with Crippen molar-refractivity contribution >= 4 is 11.5 Å². The van der Waals surface area contributed by atoms with Crippen molar-refractivity contribution < 1.29 is 8.78 Å². The Morgan fingerprint density at radius 1 is 1.24 bits per heavy atom. The van der Waals surface area contributed by atoms with E-state index < -0.39 is 6.43 Å². The molecule has 1 atom stereocenters. The van der Waals surface area contributed by atoms with E-state index >= 15 is 0 Å². The third kappa shape index (κ3) is 2.49. The van der Waals surface area contributed by atoms with E-state index in [-0.39, 0.29) is 11.5 Å². The molecular weight excluding hydrogens is 224 g/mol. The Hall–Kier alpha value is -1.78. The standard InChI is InChI=1S/C12H13F2N3/c1-7-6-10(16-17-12(7)15)8-2-4-9(5-3-8)11(13)14/h2-5,7,11H,6H2,1H3,(H2,15,17). The highest BCUT2D eigenvalue weighted by Gasteiger charge is 2.17. The lowest BCUT2D eigenvalue weighted by Crippen LogP contribution is -2.26. The molecule has 1 heterocycles. The molecule has 0 fully saturated rings. The van der Waals surface area contributed by atoms with Gasteiger partial charge in [-0.3, -0.25) is 0 Å². The molecule has 5 heteroatoms. The van der Waals surface area contributed by atoms with Gasteiger partial charge >= 0.3 is 0 Å². The molecule has 3 nitrogen and oxygen atoms in total. The van der Waals surface area contributed by atoms with E-state index in [0.717, 1.165) is 11.3 Å². The van der Waals surface area contributed by atoms with Crippen LogP contribution in [0.4, 0.5) is 8.78 Å². The summed E-state index contributed by atoms with van der Waals surface area (Å²) >= 11 is 0. The largest absolute Gasteiger partial charge is 0.385 e. The van der Waals surface area contributed by atoms with Crippen molar-refractivity contribution in [2.24, 2.45) is 21.9 Å². The Balaban J connectivity index is 2.24. The quantitative estimate of drug-likeness (QED) is 0.844. The summed E-state index contributed by atoms with van der Waals surface area (Å²) in [6.07, 6.45) is -1.76. The summed E-state index contributed by atoms with van der Waals surface area (Å²) in [5, 5.41) is 7.86. The van der Waals surface area contributed by atoms with Gasteiger partial charge in [-0.2, -0.15) is 5.10 Å². The number of hydrogen-bond acceptors (Lipinski definition) is 3. The zero-order chi connectivity index (χ0) is 12.4. The molecule has 0 saturated carbocycles. The molecule has 2 rings (SSSR count). The fourth-order valence-corrected chi connectivity index (χ4v) is 1.65. The second kappa shape index (κ2) is 4.61. The average Bonchev–Trinajstić information content (AvgIpc) is 2.33. The molecule has 0 aliphatic carbocycles. The second-order valence-electron chi connectivity index (χ2n) is 4.10. The van der Waals surface area contributed by atoms with Crippen molar-refractivity contribution in [3.8, 4) is 0 Å². The van der Waals surface area contributed by atoms with Gasteiger partial charge in [0, 0.05) is 17.9 Å². The van der Waals surface area contributed by atoms with E-state index in [1.54, 1.807) is 12.1 Å². The highest BCUT2D eigenvalue weighted by Crippen LogP contribution is 2.21. The maximum Gasteiger partial charge on any atom is 0.263 e. The maximum absolute atomic E-state index is 12.4. The van der Waals surface area contributed by atoms with Crippen LogP contribution in [0.2, 0.25) is 0 Å². The Kier molecular flexibility index (Phi) is 3.17. The van der Waals surface area contributed by atoms with Gasteiger partial charge in [0.2, 0.25) is 0 Å². The Morgan fingerprint density at radius 2 is 1.88 bits per heavy atom. The molecule has 0 amide bonds. The van der Waals surface area contributed by atoms with Crippen molar-refractivity contribution in [1.29, 1.82) is 0 Å². The molecule has 1 aromatic rings. The Morgan fingerprint density at radius 3 is 2.41 bits per heavy atom. The molecule has 1 aliphatic rings. The molecule has 1 unspecified atom stereocenters. The van der Waals surface area contributed by atoms with E-state index in [0.29, 0.717) is 12.3 Å². The molecule has 2 N–H and O–H groups in total. The average molecular weight is 237 g/mol. The molecule has 0 bridgehead atoms. The topological polar surface area (TPSA) is 50.7 Å². The Bertz CT molecular complexity index is 463. The van der Waals surface area contributed by atoms with Gasteiger partial charge in [0.25, 0.3) is 6.43 Å². The number of nitrogens with zero attached hydrogens (tertiary/aromatic N) is 2. The lowest BCUT2D eigenvalue weighted by molar-refractivity contribution is 0.151. The first-order valence-corrected chi connectivity index (χ1v) is 5.36. The number of nitrogens with two attached hydrogens (primary N) is 1. The lowest BCUT2D eigenvalue weighted by Gasteiger charge is -2.16. The highest BCUT2D eigenvalue weighted by atomic mass is 19.3. The van der Waals surface area contributed by atoms with Crippen LogP contribution in [0.5, 0.6) is 0 Å². The van der Waals surface area contributed by atoms with Crippen LogP contribution in [0.25, 0.3) is 0 Å². The minimum atomic E-state index is -2.44. The van der Waals surface area contributed by atoms with E-state index in [9.17, 15) is 8.78 Å². The van der Waals surface area contributed by atoms with E-state index in [2.05, 4.69) is 10.2 Å². The highest BCUT2D eigenvalue weighted by molar-refractivity contribution is 6.04. The molecular formula is C12H13F2N3. The predicted octanol–water partition coefficient (Wildman–Crippen LogP) is 2.73. The zero-order valence-electron chi connectivity index (χ0n) is 9.40. The van der Waals surface area contributed by atoms with Crippen LogP contribution in [0.15, 0.2) is 34.5 Å². The Labute approximate surface area is 98.0 Å². The van der Waals surface area contributed by atoms with Crippen molar-refractivity contribution in [3.63, 3.8) is 0 Å². The maximum atomic E-state index is 12.4. The molecule has 0 saturated heterocycles. The number of amidine groups is 1. The molecule has 0 spiro atoms. The first kappa shape index (κ1) is 11.7. The fourth-order valence-electron chi connectivity index (χ4n) is 1.65. The second-order valence-corrected chi connectivity index (χ2v) is 4.10. The van der Waals surface area contributed by atoms with Crippen LogP contribution in [-0.2, 0) is 0 Å². The van der Waals surface area contributed by atoms with Crippen LogP contribution >= 0.6 is 0 Å². The molecule has 0 radical (unpaired) electrons. The predicted molar refractivity (Wildman–Crippen MR) is 63.3 cm³/mol. The fraction of sp³-hybridized carbons (Fsp3) is 0.333. The SMILES string of the molecule is CC1CC(c2ccc(C(F)F)cc2)=NN=C1N. The minimum Gasteiger partial charge on any atom is -0.385 e. The van der Waals surface area contributed by atoms with Gasteiger partial charge in [-0.05, 0) is 5.56 Å². The number of alkyl halides is 2. The minimum absolute atomic E-state index is 0.0150. The molecule has 1 aromatic carbocycles. The van der Waals surface area contributed by atoms with E-state index in [1.807, 2.05) is 6.92 Å². The van der Waals surface area contributed by atoms with Crippen molar-refractivity contribution in [3.05, 3.63) is 35.4 Å². The van der Waals surface area contributed by atoms with E-state index in [4.69, 9.17) is 5.73 Å². The third-order valence-corrected chi connectivity index (χ3v) is 2.79. The summed E-state index contributed by atoms with van der Waals surface area (Å²) in [6, 6.07) is 6.11. The van der Waals surface area contributed by atoms with Crippen LogP contribution in [0, 0.1) is 5.92 Å². The van der Waals surface area contributed by atoms with E-state index in [1.165, 1.54) is 12.1 Å². The van der Waals surface area contributed by atoms with Crippen molar-refractivity contribution in [2.75, 3.05) is 0 Å². The summed E-state index contributed by atoms with van der Waals surface area (Å²) in [6.45, 7) is 1.96. The van der Waals surface area contributed by atoms with Crippen molar-refractivity contribution in [2.45, 2.75) is 19.8 Å². The first-order valence-electron chi connectivity index (χ1n) is 5.36. The van der Waals surface area contributed by atoms with Gasteiger partial charge in [0.15, 0.2) is 0 Å². The normalized spacial score (nSPS) is 20.1. The summed E-state index contributed by atoms with van der Waals surface area (Å²) < 4.78 is 24.8. The molecule has 1 aliphatic heterocycles. The van der Waals surface area contributed by atoms with Gasteiger partial charge in [0.05, 0.1) is 5.71 Å². The van der Waals surface area contributed by atoms with Crippen LogP contribution < -0.4 is 5.73 Å². The van der Waals surface area contributed by atoms with Crippen molar-refractivity contribution in [1.82, 2.24) is 0 Å². The van der Waals surface area contributed by atoms with Gasteiger partial charge < -0.3 is 5.73 Å². The van der Waals surface area contributed by atoms with Gasteiger partial charge in [-0.1, -0.05) is 31.2 Å². The summed E-state index contributed by atoms with van der Waals surface area (Å²) in [5.41, 5.74) is 7.24. The third-order valence-electron chi connectivity index (χ3n) is 2.79. The van der Waals surface area contributed by atoms with Gasteiger partial charge in [-0.25, -0.2) is 8.78 Å². The monoisotopic (exact) mass is 237 g/mol. The molecule has 0 aromatic heterocycles. The summed E-state index contributed by atoms with van der Waals surface area (Å²) in [4.78, 5) is 0. The lowest BCUT2D eigenvalue weighted by atomic mass is 9.97. The number of benzene rings is 1. The summed E-state index contributed by atoms with van der Waals surface area (Å²) in [7, 11) is 0. The number of rotatable bonds is 2. The van der Waals surface area contributed by atoms with Gasteiger partial charge in [-0.15, -0.1) is 5.10 Å². The van der Waals surface area contributed by atoms with Crippen LogP contribution in [-0.4, -0.2) is 11.5 Å². The summed E-state index contributed by atoms with van der Waals surface area (Å²) in [5.74, 6) is 0.648. The van der Waals surface area contributed by atoms with Gasteiger partial charge in [0.1, 0.15) is 5.84 Å². The number of halogens is 2.